The molecule has 1 N–H and O–H groups in total. The summed E-state index contributed by atoms with van der Waals surface area (Å²) in [7, 11) is 1.90. The number of pyridine rings is 1. The third-order valence-electron chi connectivity index (χ3n) is 2.91. The number of nitrogens with one attached hydrogen (secondary N) is 1. The number of hydrogen-bond donors (Lipinski definition) is 1. The first-order valence-corrected chi connectivity index (χ1v) is 5.96. The predicted molar refractivity (Wildman–Crippen MR) is 72.2 cm³/mol. The number of furan rings is 1. The summed E-state index contributed by atoms with van der Waals surface area (Å²) < 4.78 is 5.82. The van der Waals surface area contributed by atoms with Crippen LogP contribution in [0.4, 0.5) is 0 Å². The summed E-state index contributed by atoms with van der Waals surface area (Å²) >= 11 is 0. The van der Waals surface area contributed by atoms with Crippen LogP contribution in [0.5, 0.6) is 0 Å². The molecule has 3 rings (SSSR count). The molecule has 2 heterocycles. The molecule has 0 aliphatic carbocycles. The monoisotopic (exact) mass is 238 g/mol. The first-order chi connectivity index (χ1) is 8.88. The number of benzene rings is 1. The van der Waals surface area contributed by atoms with Crippen molar-refractivity contribution in [2.24, 2.45) is 0 Å². The van der Waals surface area contributed by atoms with Crippen LogP contribution in [0.25, 0.3) is 22.2 Å². The van der Waals surface area contributed by atoms with E-state index in [2.05, 4.69) is 22.4 Å². The highest BCUT2D eigenvalue weighted by molar-refractivity contribution is 5.92. The summed E-state index contributed by atoms with van der Waals surface area (Å²) in [5.41, 5.74) is 2.01. The van der Waals surface area contributed by atoms with Crippen molar-refractivity contribution < 1.29 is 4.42 Å². The number of aromatic nitrogens is 1. The van der Waals surface area contributed by atoms with E-state index in [1.54, 1.807) is 0 Å². The van der Waals surface area contributed by atoms with Crippen molar-refractivity contribution in [3.63, 3.8) is 0 Å². The number of nitrogens with zero attached hydrogens (tertiary/aromatic N) is 1. The molecule has 0 fully saturated rings. The summed E-state index contributed by atoms with van der Waals surface area (Å²) in [5.74, 6) is 1.80. The molecule has 3 nitrogen and oxygen atoms in total. The van der Waals surface area contributed by atoms with Crippen molar-refractivity contribution in [3.8, 4) is 11.3 Å². The van der Waals surface area contributed by atoms with E-state index >= 15 is 0 Å². The smallest absolute Gasteiger partial charge is 0.136 e. The van der Waals surface area contributed by atoms with Crippen LogP contribution in [0.1, 0.15) is 5.76 Å². The summed E-state index contributed by atoms with van der Waals surface area (Å²) in [4.78, 5) is 4.44. The third-order valence-corrected chi connectivity index (χ3v) is 2.91. The summed E-state index contributed by atoms with van der Waals surface area (Å²) in [5, 5.41) is 4.20. The lowest BCUT2D eigenvalue weighted by Gasteiger charge is -2.02. The van der Waals surface area contributed by atoms with Gasteiger partial charge in [0.25, 0.3) is 0 Å². The first kappa shape index (κ1) is 11.0. The molecule has 3 heteroatoms. The minimum absolute atomic E-state index is 0.734. The zero-order chi connectivity index (χ0) is 12.4. The average Bonchev–Trinajstić information content (AvgIpc) is 2.87. The lowest BCUT2D eigenvalue weighted by atomic mass is 10.1. The van der Waals surface area contributed by atoms with E-state index in [1.165, 1.54) is 0 Å². The van der Waals surface area contributed by atoms with E-state index in [0.29, 0.717) is 0 Å². The molecule has 0 saturated carbocycles. The van der Waals surface area contributed by atoms with Crippen molar-refractivity contribution in [1.82, 2.24) is 10.3 Å². The van der Waals surface area contributed by atoms with Gasteiger partial charge in [0.15, 0.2) is 0 Å². The van der Waals surface area contributed by atoms with Crippen molar-refractivity contribution in [2.75, 3.05) is 7.05 Å². The van der Waals surface area contributed by atoms with Gasteiger partial charge in [-0.2, -0.15) is 0 Å². The molecule has 3 aromatic rings. The maximum Gasteiger partial charge on any atom is 0.136 e. The predicted octanol–water partition coefficient (Wildman–Crippen LogP) is 3.21. The highest BCUT2D eigenvalue weighted by Gasteiger charge is 2.08. The molecule has 0 saturated heterocycles. The maximum absolute atomic E-state index is 5.82. The Balaban J connectivity index is 2.12. The summed E-state index contributed by atoms with van der Waals surface area (Å²) in [6.45, 7) is 0.734. The fourth-order valence-corrected chi connectivity index (χ4v) is 2.09. The molecule has 0 unspecified atom stereocenters. The number of rotatable bonds is 3. The minimum Gasteiger partial charge on any atom is -0.460 e. The Bertz CT molecular complexity index is 668. The molecule has 18 heavy (non-hydrogen) atoms. The second-order valence-electron chi connectivity index (χ2n) is 4.18. The van der Waals surface area contributed by atoms with Gasteiger partial charge in [-0.05, 0) is 31.3 Å². The second kappa shape index (κ2) is 4.63. The van der Waals surface area contributed by atoms with Gasteiger partial charge in [0.2, 0.25) is 0 Å². The molecule has 0 aliphatic rings. The molecule has 0 amide bonds. The van der Waals surface area contributed by atoms with Crippen LogP contribution in [0, 0.1) is 0 Å². The van der Waals surface area contributed by atoms with Crippen LogP contribution >= 0.6 is 0 Å². The Morgan fingerprint density at radius 2 is 2.00 bits per heavy atom. The van der Waals surface area contributed by atoms with Crippen LogP contribution in [-0.2, 0) is 6.54 Å². The van der Waals surface area contributed by atoms with Crippen molar-refractivity contribution in [1.29, 1.82) is 0 Å². The van der Waals surface area contributed by atoms with E-state index < -0.39 is 0 Å². The summed E-state index contributed by atoms with van der Waals surface area (Å²) in [6.07, 6.45) is 1.81. The average molecular weight is 238 g/mol. The molecule has 0 radical (unpaired) electrons. The van der Waals surface area contributed by atoms with E-state index in [9.17, 15) is 0 Å². The summed E-state index contributed by atoms with van der Waals surface area (Å²) in [6, 6.07) is 14.1. The molecule has 0 aliphatic heterocycles. The molecule has 1 aromatic carbocycles. The van der Waals surface area contributed by atoms with Crippen molar-refractivity contribution in [3.05, 3.63) is 54.4 Å². The maximum atomic E-state index is 5.82. The zero-order valence-electron chi connectivity index (χ0n) is 10.2. The molecule has 0 bridgehead atoms. The van der Waals surface area contributed by atoms with E-state index in [4.69, 9.17) is 4.42 Å². The van der Waals surface area contributed by atoms with Gasteiger partial charge in [0.05, 0.1) is 12.1 Å². The van der Waals surface area contributed by atoms with Gasteiger partial charge < -0.3 is 9.73 Å². The normalized spacial score (nSPS) is 10.9. The quantitative estimate of drug-likeness (QED) is 0.761. The standard InChI is InChI=1S/C15H14N2O/c1-16-10-12-7-8-14(18-12)13-6-2-4-11-5-3-9-17-15(11)13/h2-9,16H,10H2,1H3. The molecule has 0 atom stereocenters. The highest BCUT2D eigenvalue weighted by Crippen LogP contribution is 2.28. The zero-order valence-corrected chi connectivity index (χ0v) is 10.2. The van der Waals surface area contributed by atoms with Gasteiger partial charge in [-0.3, -0.25) is 4.98 Å². The third kappa shape index (κ3) is 1.89. The fourth-order valence-electron chi connectivity index (χ4n) is 2.09. The Kier molecular flexibility index (Phi) is 2.82. The first-order valence-electron chi connectivity index (χ1n) is 5.96. The lowest BCUT2D eigenvalue weighted by molar-refractivity contribution is 0.507. The Morgan fingerprint density at radius 1 is 1.11 bits per heavy atom. The molecule has 90 valence electrons. The number of para-hydroxylation sites is 1. The topological polar surface area (TPSA) is 38.1 Å². The molecule has 0 spiro atoms. The van der Waals surface area contributed by atoms with Crippen LogP contribution in [0.15, 0.2) is 53.1 Å². The van der Waals surface area contributed by atoms with Gasteiger partial charge in [0, 0.05) is 17.1 Å². The molecule has 2 aromatic heterocycles. The highest BCUT2D eigenvalue weighted by atomic mass is 16.3. The molecular weight excluding hydrogens is 224 g/mol. The van der Waals surface area contributed by atoms with Crippen LogP contribution < -0.4 is 5.32 Å². The van der Waals surface area contributed by atoms with Gasteiger partial charge in [-0.15, -0.1) is 0 Å². The Labute approximate surface area is 105 Å². The van der Waals surface area contributed by atoms with Crippen LogP contribution in [0.2, 0.25) is 0 Å². The lowest BCUT2D eigenvalue weighted by Crippen LogP contribution is -2.03. The molecular formula is C15H14N2O. The van der Waals surface area contributed by atoms with Gasteiger partial charge in [-0.1, -0.05) is 18.2 Å². The Morgan fingerprint density at radius 3 is 2.89 bits per heavy atom. The van der Waals surface area contributed by atoms with Crippen LogP contribution in [0.3, 0.4) is 0 Å². The Hall–Kier alpha value is -2.13. The van der Waals surface area contributed by atoms with Gasteiger partial charge >= 0.3 is 0 Å². The largest absolute Gasteiger partial charge is 0.460 e. The number of hydrogen-bond acceptors (Lipinski definition) is 3. The van der Waals surface area contributed by atoms with Gasteiger partial charge in [0.1, 0.15) is 11.5 Å². The number of fused-ring (bicyclic) bond motifs is 1. The van der Waals surface area contributed by atoms with E-state index in [1.807, 2.05) is 43.6 Å². The van der Waals surface area contributed by atoms with E-state index in [-0.39, 0.29) is 0 Å². The van der Waals surface area contributed by atoms with E-state index in [0.717, 1.165) is 34.5 Å². The van der Waals surface area contributed by atoms with Crippen molar-refractivity contribution in [2.45, 2.75) is 6.54 Å². The minimum atomic E-state index is 0.734. The van der Waals surface area contributed by atoms with Crippen molar-refractivity contribution >= 4 is 10.9 Å². The van der Waals surface area contributed by atoms with Gasteiger partial charge in [-0.25, -0.2) is 0 Å². The fraction of sp³-hybridized carbons (Fsp3) is 0.133. The van der Waals surface area contributed by atoms with Crippen LogP contribution in [-0.4, -0.2) is 12.0 Å². The SMILES string of the molecule is CNCc1ccc(-c2cccc3cccnc23)o1. The second-order valence-corrected chi connectivity index (χ2v) is 4.18.